The van der Waals surface area contributed by atoms with E-state index in [1.54, 1.807) is 6.92 Å². The first-order valence-electron chi connectivity index (χ1n) is 6.32. The lowest BCUT2D eigenvalue weighted by molar-refractivity contribution is -0.131. The summed E-state index contributed by atoms with van der Waals surface area (Å²) in [6, 6.07) is 0. The van der Waals surface area contributed by atoms with Gasteiger partial charge in [-0.2, -0.15) is 0 Å². The maximum atomic E-state index is 11.8. The Kier molecular flexibility index (Phi) is 4.69. The van der Waals surface area contributed by atoms with Crippen molar-refractivity contribution < 1.29 is 9.59 Å². The largest absolute Gasteiger partial charge is 0.340 e. The first-order chi connectivity index (χ1) is 7.80. The van der Waals surface area contributed by atoms with Crippen molar-refractivity contribution in [2.45, 2.75) is 34.1 Å². The van der Waals surface area contributed by atoms with Crippen molar-refractivity contribution in [3.63, 3.8) is 0 Å². The van der Waals surface area contributed by atoms with Crippen LogP contribution in [0.4, 0.5) is 0 Å². The predicted molar refractivity (Wildman–Crippen MR) is 67.8 cm³/mol. The number of piperazine rings is 1. The molecule has 98 valence electrons. The zero-order chi connectivity index (χ0) is 13.1. The third-order valence-electron chi connectivity index (χ3n) is 3.31. The lowest BCUT2D eigenvalue weighted by Gasteiger charge is -2.34. The lowest BCUT2D eigenvalue weighted by atomic mass is 9.89. The molecule has 0 atom stereocenters. The molecule has 0 saturated carbocycles. The van der Waals surface area contributed by atoms with Gasteiger partial charge in [-0.25, -0.2) is 0 Å². The maximum absolute atomic E-state index is 11.8. The standard InChI is InChI=1S/C13H24N2O2/c1-11(16)15-9-7-14(8-10-15)6-5-12(17)13(2,3)4/h5-10H2,1-4H3. The second-order valence-corrected chi connectivity index (χ2v) is 5.77. The summed E-state index contributed by atoms with van der Waals surface area (Å²) in [5.74, 6) is 0.460. The summed E-state index contributed by atoms with van der Waals surface area (Å²) >= 11 is 0. The Bertz CT molecular complexity index is 286. The van der Waals surface area contributed by atoms with E-state index in [-0.39, 0.29) is 11.3 Å². The molecule has 0 unspecified atom stereocenters. The molecule has 0 radical (unpaired) electrons. The minimum atomic E-state index is -0.235. The highest BCUT2D eigenvalue weighted by atomic mass is 16.2. The van der Waals surface area contributed by atoms with E-state index in [0.29, 0.717) is 12.2 Å². The van der Waals surface area contributed by atoms with Crippen LogP contribution < -0.4 is 0 Å². The second kappa shape index (κ2) is 5.63. The fourth-order valence-corrected chi connectivity index (χ4v) is 1.92. The summed E-state index contributed by atoms with van der Waals surface area (Å²) in [6.45, 7) is 11.7. The molecule has 0 aliphatic carbocycles. The summed E-state index contributed by atoms with van der Waals surface area (Å²) in [6.07, 6.45) is 0.615. The van der Waals surface area contributed by atoms with Gasteiger partial charge in [-0.3, -0.25) is 14.5 Å². The number of nitrogens with zero attached hydrogens (tertiary/aromatic N) is 2. The first-order valence-corrected chi connectivity index (χ1v) is 6.32. The van der Waals surface area contributed by atoms with Gasteiger partial charge in [-0.15, -0.1) is 0 Å². The van der Waals surface area contributed by atoms with Crippen molar-refractivity contribution in [3.05, 3.63) is 0 Å². The monoisotopic (exact) mass is 240 g/mol. The van der Waals surface area contributed by atoms with Crippen LogP contribution in [0.15, 0.2) is 0 Å². The van der Waals surface area contributed by atoms with Crippen molar-refractivity contribution >= 4 is 11.7 Å². The molecule has 4 nitrogen and oxygen atoms in total. The topological polar surface area (TPSA) is 40.6 Å². The summed E-state index contributed by atoms with van der Waals surface area (Å²) in [5, 5.41) is 0. The van der Waals surface area contributed by atoms with E-state index in [4.69, 9.17) is 0 Å². The molecule has 0 bridgehead atoms. The zero-order valence-electron chi connectivity index (χ0n) is 11.5. The van der Waals surface area contributed by atoms with Crippen LogP contribution in [0, 0.1) is 5.41 Å². The molecular weight excluding hydrogens is 216 g/mol. The van der Waals surface area contributed by atoms with Crippen molar-refractivity contribution in [1.29, 1.82) is 0 Å². The van der Waals surface area contributed by atoms with Gasteiger partial charge in [-0.05, 0) is 0 Å². The number of hydrogen-bond acceptors (Lipinski definition) is 3. The van der Waals surface area contributed by atoms with Crippen LogP contribution in [-0.2, 0) is 9.59 Å². The molecule has 0 aromatic rings. The third-order valence-corrected chi connectivity index (χ3v) is 3.31. The molecule has 1 fully saturated rings. The van der Waals surface area contributed by atoms with E-state index in [2.05, 4.69) is 4.90 Å². The van der Waals surface area contributed by atoms with E-state index in [0.717, 1.165) is 32.7 Å². The Morgan fingerprint density at radius 2 is 1.59 bits per heavy atom. The van der Waals surface area contributed by atoms with Gasteiger partial charge in [0.1, 0.15) is 5.78 Å². The minimum Gasteiger partial charge on any atom is -0.340 e. The molecule has 1 amide bonds. The number of carbonyl (C=O) groups is 2. The number of hydrogen-bond donors (Lipinski definition) is 0. The molecule has 0 aromatic heterocycles. The van der Waals surface area contributed by atoms with Gasteiger partial charge in [0.2, 0.25) is 5.91 Å². The number of Topliss-reactive ketones (excluding diaryl/α,β-unsaturated/α-hetero) is 1. The number of rotatable bonds is 3. The molecule has 0 spiro atoms. The highest BCUT2D eigenvalue weighted by Crippen LogP contribution is 2.17. The molecule has 1 saturated heterocycles. The Morgan fingerprint density at radius 3 is 2.00 bits per heavy atom. The quantitative estimate of drug-likeness (QED) is 0.743. The van der Waals surface area contributed by atoms with Crippen molar-refractivity contribution in [2.24, 2.45) is 5.41 Å². The minimum absolute atomic E-state index is 0.149. The zero-order valence-corrected chi connectivity index (χ0v) is 11.5. The van der Waals surface area contributed by atoms with Gasteiger partial charge in [0.05, 0.1) is 0 Å². The molecular formula is C13H24N2O2. The first kappa shape index (κ1) is 14.2. The molecule has 1 aliphatic heterocycles. The van der Waals surface area contributed by atoms with Gasteiger partial charge in [0.15, 0.2) is 0 Å². The van der Waals surface area contributed by atoms with Gasteiger partial charge in [0, 0.05) is 51.5 Å². The Morgan fingerprint density at radius 1 is 1.06 bits per heavy atom. The third kappa shape index (κ3) is 4.46. The van der Waals surface area contributed by atoms with E-state index in [9.17, 15) is 9.59 Å². The molecule has 17 heavy (non-hydrogen) atoms. The van der Waals surface area contributed by atoms with Crippen LogP contribution in [0.1, 0.15) is 34.1 Å². The summed E-state index contributed by atoms with van der Waals surface area (Å²) < 4.78 is 0. The van der Waals surface area contributed by atoms with Crippen molar-refractivity contribution in [1.82, 2.24) is 9.80 Å². The van der Waals surface area contributed by atoms with Gasteiger partial charge in [0.25, 0.3) is 0 Å². The number of amides is 1. The SMILES string of the molecule is CC(=O)N1CCN(CCC(=O)C(C)(C)C)CC1. The van der Waals surface area contributed by atoms with Crippen LogP contribution in [0.3, 0.4) is 0 Å². The fraction of sp³-hybridized carbons (Fsp3) is 0.846. The summed E-state index contributed by atoms with van der Waals surface area (Å²) in [5.41, 5.74) is -0.235. The van der Waals surface area contributed by atoms with E-state index in [1.165, 1.54) is 0 Å². The van der Waals surface area contributed by atoms with E-state index in [1.807, 2.05) is 25.7 Å². The predicted octanol–water partition coefficient (Wildman–Crippen LogP) is 1.16. The summed E-state index contributed by atoms with van der Waals surface area (Å²) in [7, 11) is 0. The molecule has 4 heteroatoms. The molecule has 1 aliphatic rings. The molecule has 0 aromatic carbocycles. The number of ketones is 1. The van der Waals surface area contributed by atoms with Gasteiger partial charge < -0.3 is 4.90 Å². The molecule has 0 N–H and O–H groups in total. The maximum Gasteiger partial charge on any atom is 0.219 e. The lowest BCUT2D eigenvalue weighted by Crippen LogP contribution is -2.48. The normalized spacial score (nSPS) is 18.2. The molecule has 1 rings (SSSR count). The molecule has 1 heterocycles. The Balaban J connectivity index is 2.28. The van der Waals surface area contributed by atoms with E-state index < -0.39 is 0 Å². The second-order valence-electron chi connectivity index (χ2n) is 5.77. The van der Waals surface area contributed by atoms with Crippen LogP contribution in [0.5, 0.6) is 0 Å². The highest BCUT2D eigenvalue weighted by molar-refractivity contribution is 5.83. The summed E-state index contributed by atoms with van der Waals surface area (Å²) in [4.78, 5) is 27.1. The van der Waals surface area contributed by atoms with Crippen LogP contribution >= 0.6 is 0 Å². The van der Waals surface area contributed by atoms with Gasteiger partial charge in [-0.1, -0.05) is 20.8 Å². The van der Waals surface area contributed by atoms with Crippen LogP contribution in [0.25, 0.3) is 0 Å². The van der Waals surface area contributed by atoms with Gasteiger partial charge >= 0.3 is 0 Å². The Hall–Kier alpha value is -0.900. The van der Waals surface area contributed by atoms with Crippen LogP contribution in [0.2, 0.25) is 0 Å². The van der Waals surface area contributed by atoms with E-state index >= 15 is 0 Å². The smallest absolute Gasteiger partial charge is 0.219 e. The fourth-order valence-electron chi connectivity index (χ4n) is 1.92. The average molecular weight is 240 g/mol. The number of carbonyl (C=O) groups excluding carboxylic acids is 2. The van der Waals surface area contributed by atoms with Crippen LogP contribution in [-0.4, -0.2) is 54.2 Å². The average Bonchev–Trinajstić information content (AvgIpc) is 2.25. The Labute approximate surface area is 104 Å². The van der Waals surface area contributed by atoms with Crippen molar-refractivity contribution in [2.75, 3.05) is 32.7 Å². The van der Waals surface area contributed by atoms with Crippen molar-refractivity contribution in [3.8, 4) is 0 Å². The highest BCUT2D eigenvalue weighted by Gasteiger charge is 2.23.